The number of carbonyl (C=O) groups is 1. The van der Waals surface area contributed by atoms with Crippen LogP contribution in [0.15, 0.2) is 71.6 Å². The van der Waals surface area contributed by atoms with Gasteiger partial charge in [0.15, 0.2) is 0 Å². The Morgan fingerprint density at radius 2 is 1.72 bits per heavy atom. The number of anilines is 1. The van der Waals surface area contributed by atoms with Crippen molar-refractivity contribution in [2.75, 3.05) is 11.4 Å². The number of nitrogens with one attached hydrogen (secondary N) is 1. The van der Waals surface area contributed by atoms with Crippen molar-refractivity contribution in [3.8, 4) is 0 Å². The fraction of sp³-hybridized carbons (Fsp3) is 0.269. The first-order valence-corrected chi connectivity index (χ1v) is 12.3. The Kier molecular flexibility index (Phi) is 6.07. The predicted octanol–water partition coefficient (Wildman–Crippen LogP) is 4.94. The summed E-state index contributed by atoms with van der Waals surface area (Å²) in [6.07, 6.45) is 3.00. The third-order valence-electron chi connectivity index (χ3n) is 6.15. The zero-order valence-corrected chi connectivity index (χ0v) is 19.4. The second kappa shape index (κ2) is 8.79. The number of aryl methyl sites for hydroxylation is 3. The molecular weight excluding hydrogens is 420 g/mol. The number of benzene rings is 3. The van der Waals surface area contributed by atoms with Crippen molar-refractivity contribution < 1.29 is 13.2 Å². The molecule has 0 aliphatic heterocycles. The molecule has 0 heterocycles. The highest BCUT2D eigenvalue weighted by molar-refractivity contribution is 7.92. The Balaban J connectivity index is 1.54. The lowest BCUT2D eigenvalue weighted by atomic mass is 9.87. The second-order valence-corrected chi connectivity index (χ2v) is 10.4. The molecule has 6 heteroatoms. The molecule has 0 spiro atoms. The molecule has 1 aliphatic carbocycles. The number of carbonyl (C=O) groups excluding carboxylic acids is 1. The predicted molar refractivity (Wildman–Crippen MR) is 128 cm³/mol. The average molecular weight is 449 g/mol. The summed E-state index contributed by atoms with van der Waals surface area (Å²) in [7, 11) is -2.15. The number of sulfonamides is 1. The van der Waals surface area contributed by atoms with Crippen LogP contribution in [-0.2, 0) is 16.4 Å². The summed E-state index contributed by atoms with van der Waals surface area (Å²) < 4.78 is 27.4. The van der Waals surface area contributed by atoms with Crippen LogP contribution in [0, 0.1) is 13.8 Å². The molecule has 1 unspecified atom stereocenters. The van der Waals surface area contributed by atoms with Gasteiger partial charge in [-0.3, -0.25) is 9.10 Å². The summed E-state index contributed by atoms with van der Waals surface area (Å²) in [5, 5.41) is 3.16. The SMILES string of the molecule is Cc1ccc(S(=O)(=O)N(C)c2ccc(C(=O)NC3CCCc4ccccc43)cc2C)cc1. The van der Waals surface area contributed by atoms with Crippen LogP contribution in [0.4, 0.5) is 5.69 Å². The zero-order valence-electron chi connectivity index (χ0n) is 18.6. The van der Waals surface area contributed by atoms with Crippen molar-refractivity contribution in [3.63, 3.8) is 0 Å². The lowest BCUT2D eigenvalue weighted by molar-refractivity contribution is 0.0932. The van der Waals surface area contributed by atoms with Gasteiger partial charge in [-0.25, -0.2) is 8.42 Å². The van der Waals surface area contributed by atoms with Gasteiger partial charge >= 0.3 is 0 Å². The molecule has 1 N–H and O–H groups in total. The van der Waals surface area contributed by atoms with Crippen LogP contribution in [0.1, 0.15) is 51.5 Å². The molecule has 166 valence electrons. The number of rotatable bonds is 5. The molecule has 0 saturated carbocycles. The Labute approximate surface area is 190 Å². The van der Waals surface area contributed by atoms with Crippen molar-refractivity contribution in [3.05, 3.63) is 94.5 Å². The molecule has 1 amide bonds. The minimum absolute atomic E-state index is 0.00276. The van der Waals surface area contributed by atoms with Crippen molar-refractivity contribution in [2.24, 2.45) is 0 Å². The molecule has 0 bridgehead atoms. The van der Waals surface area contributed by atoms with E-state index in [-0.39, 0.29) is 16.8 Å². The van der Waals surface area contributed by atoms with Crippen LogP contribution in [-0.4, -0.2) is 21.4 Å². The highest BCUT2D eigenvalue weighted by Crippen LogP contribution is 2.30. The molecule has 0 radical (unpaired) electrons. The monoisotopic (exact) mass is 448 g/mol. The Hall–Kier alpha value is -3.12. The summed E-state index contributed by atoms with van der Waals surface area (Å²) in [6, 6.07) is 20.2. The highest BCUT2D eigenvalue weighted by Gasteiger charge is 2.24. The van der Waals surface area contributed by atoms with Crippen LogP contribution >= 0.6 is 0 Å². The van der Waals surface area contributed by atoms with E-state index in [9.17, 15) is 13.2 Å². The smallest absolute Gasteiger partial charge is 0.264 e. The first-order valence-electron chi connectivity index (χ1n) is 10.8. The summed E-state index contributed by atoms with van der Waals surface area (Å²) >= 11 is 0. The largest absolute Gasteiger partial charge is 0.345 e. The molecule has 0 saturated heterocycles. The number of fused-ring (bicyclic) bond motifs is 1. The standard InChI is InChI=1S/C26H28N2O3S/c1-18-11-14-22(15-12-18)32(30,31)28(3)25-16-13-21(17-19(25)2)26(29)27-24-10-6-8-20-7-4-5-9-23(20)24/h4-5,7,9,11-17,24H,6,8,10H2,1-3H3,(H,27,29). The van der Waals surface area contributed by atoms with E-state index >= 15 is 0 Å². The van der Waals surface area contributed by atoms with Crippen molar-refractivity contribution >= 4 is 21.6 Å². The third-order valence-corrected chi connectivity index (χ3v) is 7.94. The third kappa shape index (κ3) is 4.28. The van der Waals surface area contributed by atoms with Crippen LogP contribution in [0.25, 0.3) is 0 Å². The fourth-order valence-electron chi connectivity index (χ4n) is 4.29. The van der Waals surface area contributed by atoms with E-state index in [1.54, 1.807) is 42.5 Å². The Bertz CT molecular complexity index is 1250. The van der Waals surface area contributed by atoms with Gasteiger partial charge in [-0.2, -0.15) is 0 Å². The van der Waals surface area contributed by atoms with Gasteiger partial charge in [0.1, 0.15) is 0 Å². The van der Waals surface area contributed by atoms with Gasteiger partial charge in [0.2, 0.25) is 0 Å². The highest BCUT2D eigenvalue weighted by atomic mass is 32.2. The number of hydrogen-bond acceptors (Lipinski definition) is 3. The zero-order chi connectivity index (χ0) is 22.9. The van der Waals surface area contributed by atoms with E-state index in [4.69, 9.17) is 0 Å². The molecule has 1 atom stereocenters. The Morgan fingerprint density at radius 1 is 1.00 bits per heavy atom. The van der Waals surface area contributed by atoms with Crippen LogP contribution in [0.2, 0.25) is 0 Å². The Morgan fingerprint density at radius 3 is 2.44 bits per heavy atom. The minimum atomic E-state index is -3.69. The first kappa shape index (κ1) is 22.1. The summed E-state index contributed by atoms with van der Waals surface area (Å²) in [6.45, 7) is 3.74. The van der Waals surface area contributed by atoms with Crippen molar-refractivity contribution in [1.82, 2.24) is 5.32 Å². The van der Waals surface area contributed by atoms with Crippen LogP contribution < -0.4 is 9.62 Å². The van der Waals surface area contributed by atoms with Gasteiger partial charge in [0.25, 0.3) is 15.9 Å². The van der Waals surface area contributed by atoms with Crippen LogP contribution in [0.5, 0.6) is 0 Å². The van der Waals surface area contributed by atoms with E-state index in [2.05, 4.69) is 17.4 Å². The minimum Gasteiger partial charge on any atom is -0.345 e. The fourth-order valence-corrected chi connectivity index (χ4v) is 5.55. The molecule has 1 aliphatic rings. The van der Waals surface area contributed by atoms with E-state index in [1.807, 2.05) is 26.0 Å². The van der Waals surface area contributed by atoms with Gasteiger partial charge in [0.05, 0.1) is 16.6 Å². The van der Waals surface area contributed by atoms with Gasteiger partial charge < -0.3 is 5.32 Å². The average Bonchev–Trinajstić information content (AvgIpc) is 2.79. The molecule has 3 aromatic carbocycles. The first-order chi connectivity index (χ1) is 15.3. The van der Waals surface area contributed by atoms with E-state index < -0.39 is 10.0 Å². The molecule has 0 aromatic heterocycles. The maximum atomic E-state index is 13.0. The van der Waals surface area contributed by atoms with Gasteiger partial charge in [-0.15, -0.1) is 0 Å². The quantitative estimate of drug-likeness (QED) is 0.601. The molecule has 5 nitrogen and oxygen atoms in total. The second-order valence-electron chi connectivity index (χ2n) is 8.40. The molecule has 32 heavy (non-hydrogen) atoms. The lowest BCUT2D eigenvalue weighted by Crippen LogP contribution is -2.31. The molecular formula is C26H28N2O3S. The van der Waals surface area contributed by atoms with E-state index in [0.29, 0.717) is 11.3 Å². The summed E-state index contributed by atoms with van der Waals surface area (Å²) in [5.41, 5.74) is 5.27. The number of nitrogens with zero attached hydrogens (tertiary/aromatic N) is 1. The number of amides is 1. The van der Waals surface area contributed by atoms with Crippen molar-refractivity contribution in [2.45, 2.75) is 44.0 Å². The van der Waals surface area contributed by atoms with Gasteiger partial charge in [-0.05, 0) is 80.1 Å². The number of hydrogen-bond donors (Lipinski definition) is 1. The maximum Gasteiger partial charge on any atom is 0.264 e. The summed E-state index contributed by atoms with van der Waals surface area (Å²) in [4.78, 5) is 13.2. The van der Waals surface area contributed by atoms with Crippen molar-refractivity contribution in [1.29, 1.82) is 0 Å². The topological polar surface area (TPSA) is 66.5 Å². The van der Waals surface area contributed by atoms with Gasteiger partial charge in [-0.1, -0.05) is 42.0 Å². The van der Waals surface area contributed by atoms with Crippen LogP contribution in [0.3, 0.4) is 0 Å². The molecule has 3 aromatic rings. The van der Waals surface area contributed by atoms with E-state index in [1.165, 1.54) is 22.5 Å². The van der Waals surface area contributed by atoms with E-state index in [0.717, 1.165) is 30.4 Å². The molecule has 4 rings (SSSR count). The summed E-state index contributed by atoms with van der Waals surface area (Å²) in [5.74, 6) is -0.148. The normalized spacial score (nSPS) is 15.7. The maximum absolute atomic E-state index is 13.0. The van der Waals surface area contributed by atoms with Gasteiger partial charge in [0, 0.05) is 12.6 Å². The lowest BCUT2D eigenvalue weighted by Gasteiger charge is -2.26. The molecule has 0 fully saturated rings.